The highest BCUT2D eigenvalue weighted by Gasteiger charge is 2.20. The molecule has 0 aliphatic rings. The van der Waals surface area contributed by atoms with Gasteiger partial charge in [0.25, 0.3) is 5.91 Å². The van der Waals surface area contributed by atoms with Crippen molar-refractivity contribution >= 4 is 17.5 Å². The number of nitrogens with zero attached hydrogens (tertiary/aromatic N) is 1. The lowest BCUT2D eigenvalue weighted by Crippen LogP contribution is -2.29. The molecule has 2 aromatic heterocycles. The van der Waals surface area contributed by atoms with Crippen molar-refractivity contribution in [3.63, 3.8) is 0 Å². The van der Waals surface area contributed by atoms with Crippen LogP contribution in [0.3, 0.4) is 0 Å². The van der Waals surface area contributed by atoms with Gasteiger partial charge in [0, 0.05) is 11.8 Å². The van der Waals surface area contributed by atoms with Crippen LogP contribution in [0.5, 0.6) is 0 Å². The second kappa shape index (κ2) is 6.45. The van der Waals surface area contributed by atoms with E-state index in [2.05, 4.69) is 10.3 Å². The van der Waals surface area contributed by atoms with Gasteiger partial charge in [0.2, 0.25) is 0 Å². The SMILES string of the molecule is O=C(NC(c1ccccc1)c1ccco1)c1ccnc(Cl)c1. The summed E-state index contributed by atoms with van der Waals surface area (Å²) >= 11 is 5.83. The third-order valence-corrected chi connectivity index (χ3v) is 3.43. The van der Waals surface area contributed by atoms with Crippen molar-refractivity contribution in [2.24, 2.45) is 0 Å². The maximum atomic E-state index is 12.4. The van der Waals surface area contributed by atoms with Gasteiger partial charge in [-0.25, -0.2) is 4.98 Å². The number of halogens is 1. The van der Waals surface area contributed by atoms with Crippen molar-refractivity contribution in [1.29, 1.82) is 0 Å². The van der Waals surface area contributed by atoms with Gasteiger partial charge in [0.15, 0.2) is 0 Å². The van der Waals surface area contributed by atoms with Crippen molar-refractivity contribution in [2.45, 2.75) is 6.04 Å². The Bertz CT molecular complexity index is 757. The van der Waals surface area contributed by atoms with Crippen molar-refractivity contribution in [3.8, 4) is 0 Å². The zero-order valence-electron chi connectivity index (χ0n) is 11.6. The van der Waals surface area contributed by atoms with Crippen LogP contribution in [0, 0.1) is 0 Å². The molecule has 0 aliphatic carbocycles. The first-order valence-corrected chi connectivity index (χ1v) is 7.12. The molecule has 3 aromatic rings. The number of carbonyl (C=O) groups excluding carboxylic acids is 1. The molecule has 110 valence electrons. The molecule has 5 heteroatoms. The summed E-state index contributed by atoms with van der Waals surface area (Å²) in [6, 6.07) is 16.0. The lowest BCUT2D eigenvalue weighted by atomic mass is 10.0. The molecule has 22 heavy (non-hydrogen) atoms. The first-order valence-electron chi connectivity index (χ1n) is 6.75. The zero-order chi connectivity index (χ0) is 15.4. The van der Waals surface area contributed by atoms with E-state index in [0.717, 1.165) is 5.56 Å². The number of rotatable bonds is 4. The summed E-state index contributed by atoms with van der Waals surface area (Å²) < 4.78 is 5.46. The molecule has 1 aromatic carbocycles. The Morgan fingerprint density at radius 1 is 1.14 bits per heavy atom. The van der Waals surface area contributed by atoms with E-state index in [1.807, 2.05) is 36.4 Å². The topological polar surface area (TPSA) is 55.1 Å². The molecule has 1 atom stereocenters. The van der Waals surface area contributed by atoms with Crippen LogP contribution in [0.1, 0.15) is 27.7 Å². The number of hydrogen-bond donors (Lipinski definition) is 1. The Balaban J connectivity index is 1.89. The number of carbonyl (C=O) groups is 1. The number of hydrogen-bond acceptors (Lipinski definition) is 3. The molecular weight excluding hydrogens is 300 g/mol. The molecule has 1 N–H and O–H groups in total. The normalized spacial score (nSPS) is 11.9. The highest BCUT2D eigenvalue weighted by atomic mass is 35.5. The number of benzene rings is 1. The Morgan fingerprint density at radius 2 is 1.95 bits per heavy atom. The maximum absolute atomic E-state index is 12.4. The summed E-state index contributed by atoms with van der Waals surface area (Å²) in [5, 5.41) is 3.24. The predicted molar refractivity (Wildman–Crippen MR) is 83.7 cm³/mol. The fraction of sp³-hybridized carbons (Fsp3) is 0.0588. The number of aromatic nitrogens is 1. The van der Waals surface area contributed by atoms with Crippen LogP contribution >= 0.6 is 11.6 Å². The van der Waals surface area contributed by atoms with Gasteiger partial charge in [0.1, 0.15) is 17.0 Å². The molecule has 3 rings (SSSR count). The van der Waals surface area contributed by atoms with Gasteiger partial charge in [-0.1, -0.05) is 41.9 Å². The molecule has 1 amide bonds. The maximum Gasteiger partial charge on any atom is 0.252 e. The number of nitrogens with one attached hydrogen (secondary N) is 1. The van der Waals surface area contributed by atoms with Crippen LogP contribution in [-0.2, 0) is 0 Å². The van der Waals surface area contributed by atoms with Crippen molar-refractivity contribution in [3.05, 3.63) is 89.1 Å². The first-order chi connectivity index (χ1) is 10.7. The Kier molecular flexibility index (Phi) is 4.21. The monoisotopic (exact) mass is 312 g/mol. The molecule has 0 aliphatic heterocycles. The molecular formula is C17H13ClN2O2. The van der Waals surface area contributed by atoms with E-state index in [1.54, 1.807) is 18.4 Å². The van der Waals surface area contributed by atoms with Crippen LogP contribution in [0.4, 0.5) is 0 Å². The summed E-state index contributed by atoms with van der Waals surface area (Å²) in [5.74, 6) is 0.425. The molecule has 0 bridgehead atoms. The minimum Gasteiger partial charge on any atom is -0.467 e. The minimum atomic E-state index is -0.365. The fourth-order valence-electron chi connectivity index (χ4n) is 2.18. The summed E-state index contributed by atoms with van der Waals surface area (Å²) in [4.78, 5) is 16.3. The summed E-state index contributed by atoms with van der Waals surface area (Å²) in [6.07, 6.45) is 3.09. The standard InChI is InChI=1S/C17H13ClN2O2/c18-15-11-13(8-9-19-15)17(21)20-16(14-7-4-10-22-14)12-5-2-1-3-6-12/h1-11,16H,(H,20,21). The van der Waals surface area contributed by atoms with Crippen molar-refractivity contribution in [2.75, 3.05) is 0 Å². The van der Waals surface area contributed by atoms with Crippen LogP contribution in [0.15, 0.2) is 71.5 Å². The first kappa shape index (κ1) is 14.4. The van der Waals surface area contributed by atoms with E-state index >= 15 is 0 Å². The van der Waals surface area contributed by atoms with Gasteiger partial charge >= 0.3 is 0 Å². The zero-order valence-corrected chi connectivity index (χ0v) is 12.3. The van der Waals surface area contributed by atoms with Gasteiger partial charge in [-0.3, -0.25) is 4.79 Å². The van der Waals surface area contributed by atoms with Crippen molar-refractivity contribution in [1.82, 2.24) is 10.3 Å². The smallest absolute Gasteiger partial charge is 0.252 e. The van der Waals surface area contributed by atoms with E-state index < -0.39 is 0 Å². The van der Waals surface area contributed by atoms with E-state index in [1.165, 1.54) is 12.3 Å². The van der Waals surface area contributed by atoms with Crippen LogP contribution in [0.2, 0.25) is 5.15 Å². The molecule has 0 spiro atoms. The lowest BCUT2D eigenvalue weighted by Gasteiger charge is -2.17. The molecule has 2 heterocycles. The fourth-order valence-corrected chi connectivity index (χ4v) is 2.35. The summed E-state index contributed by atoms with van der Waals surface area (Å²) in [5.41, 5.74) is 1.39. The third kappa shape index (κ3) is 3.18. The Morgan fingerprint density at radius 3 is 2.64 bits per heavy atom. The van der Waals surface area contributed by atoms with Gasteiger partial charge in [-0.2, -0.15) is 0 Å². The second-order valence-electron chi connectivity index (χ2n) is 4.70. The van der Waals surface area contributed by atoms with E-state index in [4.69, 9.17) is 16.0 Å². The lowest BCUT2D eigenvalue weighted by molar-refractivity contribution is 0.0939. The summed E-state index contributed by atoms with van der Waals surface area (Å²) in [7, 11) is 0. The van der Waals surface area contributed by atoms with E-state index in [9.17, 15) is 4.79 Å². The van der Waals surface area contributed by atoms with Crippen molar-refractivity contribution < 1.29 is 9.21 Å². The van der Waals surface area contributed by atoms with E-state index in [-0.39, 0.29) is 17.1 Å². The Hall–Kier alpha value is -2.59. The predicted octanol–water partition coefficient (Wildman–Crippen LogP) is 3.85. The molecule has 0 saturated heterocycles. The van der Waals surface area contributed by atoms with Crippen LogP contribution in [-0.4, -0.2) is 10.9 Å². The van der Waals surface area contributed by atoms with Crippen LogP contribution < -0.4 is 5.32 Å². The number of amides is 1. The third-order valence-electron chi connectivity index (χ3n) is 3.22. The highest BCUT2D eigenvalue weighted by molar-refractivity contribution is 6.29. The average Bonchev–Trinajstić information content (AvgIpc) is 3.07. The van der Waals surface area contributed by atoms with Gasteiger partial charge in [-0.05, 0) is 29.8 Å². The average molecular weight is 313 g/mol. The number of furan rings is 1. The molecule has 0 saturated carbocycles. The molecule has 4 nitrogen and oxygen atoms in total. The van der Waals surface area contributed by atoms with Gasteiger partial charge < -0.3 is 9.73 Å². The minimum absolute atomic E-state index is 0.241. The summed E-state index contributed by atoms with van der Waals surface area (Å²) in [6.45, 7) is 0. The number of pyridine rings is 1. The van der Waals surface area contributed by atoms with Gasteiger partial charge in [0.05, 0.1) is 6.26 Å². The molecule has 0 fully saturated rings. The molecule has 1 unspecified atom stereocenters. The van der Waals surface area contributed by atoms with Gasteiger partial charge in [-0.15, -0.1) is 0 Å². The molecule has 0 radical (unpaired) electrons. The second-order valence-corrected chi connectivity index (χ2v) is 5.09. The van der Waals surface area contributed by atoms with Crippen LogP contribution in [0.25, 0.3) is 0 Å². The Labute approximate surface area is 132 Å². The highest BCUT2D eigenvalue weighted by Crippen LogP contribution is 2.23. The van der Waals surface area contributed by atoms with E-state index in [0.29, 0.717) is 11.3 Å². The quantitative estimate of drug-likeness (QED) is 0.744. The largest absolute Gasteiger partial charge is 0.467 e.